The smallest absolute Gasteiger partial charge is 0.127 e. The molecule has 2 rings (SSSR count). The fourth-order valence-corrected chi connectivity index (χ4v) is 2.38. The molecule has 0 amide bonds. The molecule has 0 fully saturated rings. The number of rotatable bonds is 6. The van der Waals surface area contributed by atoms with E-state index >= 15 is 0 Å². The van der Waals surface area contributed by atoms with E-state index in [9.17, 15) is 0 Å². The van der Waals surface area contributed by atoms with Crippen molar-refractivity contribution in [3.8, 4) is 5.75 Å². The van der Waals surface area contributed by atoms with Gasteiger partial charge >= 0.3 is 0 Å². The van der Waals surface area contributed by atoms with Gasteiger partial charge in [-0.05, 0) is 24.6 Å². The molecule has 0 aliphatic heterocycles. The fraction of sp³-hybridized carbons (Fsp3) is 0.353. The number of hydrogen-bond acceptors (Lipinski definition) is 3. The van der Waals surface area contributed by atoms with Gasteiger partial charge in [-0.15, -0.1) is 0 Å². The van der Waals surface area contributed by atoms with Gasteiger partial charge in [0.15, 0.2) is 0 Å². The van der Waals surface area contributed by atoms with Gasteiger partial charge in [-0.25, -0.2) is 0 Å². The van der Waals surface area contributed by atoms with Gasteiger partial charge in [0.2, 0.25) is 0 Å². The normalized spacial score (nSPS) is 10.9. The number of aryl methyl sites for hydroxylation is 1. The second kappa shape index (κ2) is 7.57. The van der Waals surface area contributed by atoms with Crippen LogP contribution in [0.25, 0.3) is 0 Å². The standard InChI is InChI=1S/C17H21BrN2O/c1-12(2)19-9-15-10-20-13(3)7-17(15)21-11-14-5-4-6-16(18)8-14/h4-8,10,12,19H,9,11H2,1-3H3. The van der Waals surface area contributed by atoms with Gasteiger partial charge in [-0.3, -0.25) is 4.98 Å². The molecule has 0 unspecified atom stereocenters. The summed E-state index contributed by atoms with van der Waals surface area (Å²) in [5, 5.41) is 3.40. The second-order valence-corrected chi connectivity index (χ2v) is 6.30. The predicted molar refractivity (Wildman–Crippen MR) is 89.4 cm³/mol. The number of halogens is 1. The summed E-state index contributed by atoms with van der Waals surface area (Å²) in [7, 11) is 0. The molecule has 0 aliphatic carbocycles. The maximum atomic E-state index is 5.99. The molecular weight excluding hydrogens is 328 g/mol. The van der Waals surface area contributed by atoms with E-state index in [0.717, 1.165) is 33.6 Å². The van der Waals surface area contributed by atoms with Gasteiger partial charge in [-0.1, -0.05) is 41.9 Å². The van der Waals surface area contributed by atoms with E-state index < -0.39 is 0 Å². The van der Waals surface area contributed by atoms with Crippen LogP contribution < -0.4 is 10.1 Å². The lowest BCUT2D eigenvalue weighted by atomic mass is 10.2. The van der Waals surface area contributed by atoms with Crippen molar-refractivity contribution in [1.82, 2.24) is 10.3 Å². The number of hydrogen-bond donors (Lipinski definition) is 1. The minimum absolute atomic E-state index is 0.434. The Hall–Kier alpha value is -1.39. The van der Waals surface area contributed by atoms with Crippen LogP contribution in [0.15, 0.2) is 41.0 Å². The van der Waals surface area contributed by atoms with E-state index in [4.69, 9.17) is 4.74 Å². The van der Waals surface area contributed by atoms with Crippen LogP contribution in [0.3, 0.4) is 0 Å². The predicted octanol–water partition coefficient (Wildman–Crippen LogP) is 4.23. The monoisotopic (exact) mass is 348 g/mol. The largest absolute Gasteiger partial charge is 0.488 e. The Kier molecular flexibility index (Phi) is 5.76. The molecule has 1 N–H and O–H groups in total. The molecule has 0 bridgehead atoms. The zero-order valence-electron chi connectivity index (χ0n) is 12.7. The minimum atomic E-state index is 0.434. The molecule has 1 aromatic heterocycles. The first-order valence-electron chi connectivity index (χ1n) is 7.11. The number of nitrogens with one attached hydrogen (secondary N) is 1. The van der Waals surface area contributed by atoms with Crippen LogP contribution in [-0.2, 0) is 13.2 Å². The third-order valence-electron chi connectivity index (χ3n) is 3.06. The topological polar surface area (TPSA) is 34.1 Å². The van der Waals surface area contributed by atoms with Crippen LogP contribution in [0.5, 0.6) is 5.75 Å². The number of aromatic nitrogens is 1. The molecule has 112 valence electrons. The number of pyridine rings is 1. The van der Waals surface area contributed by atoms with E-state index in [-0.39, 0.29) is 0 Å². The fourth-order valence-electron chi connectivity index (χ4n) is 1.93. The van der Waals surface area contributed by atoms with Crippen LogP contribution in [0.4, 0.5) is 0 Å². The van der Waals surface area contributed by atoms with Crippen LogP contribution in [0.2, 0.25) is 0 Å². The molecule has 1 aromatic carbocycles. The maximum Gasteiger partial charge on any atom is 0.127 e. The Morgan fingerprint density at radius 1 is 1.29 bits per heavy atom. The van der Waals surface area contributed by atoms with Crippen LogP contribution in [0.1, 0.15) is 30.7 Å². The molecule has 1 heterocycles. The average Bonchev–Trinajstić information content (AvgIpc) is 2.44. The summed E-state index contributed by atoms with van der Waals surface area (Å²) in [6.45, 7) is 7.55. The molecule has 2 aromatic rings. The molecule has 0 spiro atoms. The van der Waals surface area contributed by atoms with E-state index in [1.54, 1.807) is 0 Å². The van der Waals surface area contributed by atoms with E-state index in [0.29, 0.717) is 12.6 Å². The number of benzene rings is 1. The third-order valence-corrected chi connectivity index (χ3v) is 3.56. The summed E-state index contributed by atoms with van der Waals surface area (Å²) in [5.41, 5.74) is 3.19. The molecule has 0 atom stereocenters. The Balaban J connectivity index is 2.08. The van der Waals surface area contributed by atoms with Crippen molar-refractivity contribution in [3.63, 3.8) is 0 Å². The highest BCUT2D eigenvalue weighted by atomic mass is 79.9. The highest BCUT2D eigenvalue weighted by Gasteiger charge is 2.06. The lowest BCUT2D eigenvalue weighted by Gasteiger charge is -2.14. The third kappa shape index (κ3) is 5.14. The van der Waals surface area contributed by atoms with Crippen LogP contribution >= 0.6 is 15.9 Å². The van der Waals surface area contributed by atoms with Gasteiger partial charge in [0, 0.05) is 40.6 Å². The molecule has 0 aliphatic rings. The zero-order valence-corrected chi connectivity index (χ0v) is 14.3. The van der Waals surface area contributed by atoms with Crippen LogP contribution in [-0.4, -0.2) is 11.0 Å². The quantitative estimate of drug-likeness (QED) is 0.848. The second-order valence-electron chi connectivity index (χ2n) is 5.39. The molecule has 0 radical (unpaired) electrons. The summed E-state index contributed by atoms with van der Waals surface area (Å²) >= 11 is 3.48. The van der Waals surface area contributed by atoms with Gasteiger partial charge in [0.1, 0.15) is 12.4 Å². The Labute approximate surface area is 134 Å². The van der Waals surface area contributed by atoms with Crippen molar-refractivity contribution >= 4 is 15.9 Å². The minimum Gasteiger partial charge on any atom is -0.488 e. The average molecular weight is 349 g/mol. The molecule has 3 nitrogen and oxygen atoms in total. The van der Waals surface area contributed by atoms with Gasteiger partial charge < -0.3 is 10.1 Å². The van der Waals surface area contributed by atoms with Crippen molar-refractivity contribution < 1.29 is 4.74 Å². The van der Waals surface area contributed by atoms with E-state index in [1.807, 2.05) is 31.3 Å². The molecular formula is C17H21BrN2O. The van der Waals surface area contributed by atoms with Crippen LogP contribution in [0, 0.1) is 6.92 Å². The van der Waals surface area contributed by atoms with Crippen molar-refractivity contribution in [2.45, 2.75) is 40.0 Å². The Morgan fingerprint density at radius 2 is 2.10 bits per heavy atom. The van der Waals surface area contributed by atoms with Gasteiger partial charge in [0.05, 0.1) is 0 Å². The summed E-state index contributed by atoms with van der Waals surface area (Å²) in [6, 6.07) is 10.6. The van der Waals surface area contributed by atoms with Crippen molar-refractivity contribution in [2.24, 2.45) is 0 Å². The van der Waals surface area contributed by atoms with E-state index in [1.165, 1.54) is 0 Å². The highest BCUT2D eigenvalue weighted by Crippen LogP contribution is 2.21. The molecule has 0 saturated carbocycles. The van der Waals surface area contributed by atoms with Gasteiger partial charge in [-0.2, -0.15) is 0 Å². The molecule has 0 saturated heterocycles. The Morgan fingerprint density at radius 3 is 2.81 bits per heavy atom. The van der Waals surface area contributed by atoms with Crippen molar-refractivity contribution in [2.75, 3.05) is 0 Å². The summed E-state index contributed by atoms with van der Waals surface area (Å²) in [4.78, 5) is 4.36. The summed E-state index contributed by atoms with van der Waals surface area (Å²) in [6.07, 6.45) is 1.89. The van der Waals surface area contributed by atoms with Gasteiger partial charge in [0.25, 0.3) is 0 Å². The first-order chi connectivity index (χ1) is 10.0. The van der Waals surface area contributed by atoms with Crippen molar-refractivity contribution in [3.05, 3.63) is 57.8 Å². The first kappa shape index (κ1) is 16.0. The van der Waals surface area contributed by atoms with Crippen molar-refractivity contribution in [1.29, 1.82) is 0 Å². The lowest BCUT2D eigenvalue weighted by molar-refractivity contribution is 0.301. The Bertz CT molecular complexity index is 599. The first-order valence-corrected chi connectivity index (χ1v) is 7.90. The number of nitrogens with zero attached hydrogens (tertiary/aromatic N) is 1. The zero-order chi connectivity index (χ0) is 15.2. The lowest BCUT2D eigenvalue weighted by Crippen LogP contribution is -2.22. The SMILES string of the molecule is Cc1cc(OCc2cccc(Br)c2)c(CNC(C)C)cn1. The molecule has 21 heavy (non-hydrogen) atoms. The maximum absolute atomic E-state index is 5.99. The van der Waals surface area contributed by atoms with E-state index in [2.05, 4.69) is 52.2 Å². The summed E-state index contributed by atoms with van der Waals surface area (Å²) < 4.78 is 7.06. The highest BCUT2D eigenvalue weighted by molar-refractivity contribution is 9.10. The summed E-state index contributed by atoms with van der Waals surface area (Å²) in [5.74, 6) is 0.899. The number of ether oxygens (including phenoxy) is 1. The molecule has 4 heteroatoms.